The Balaban J connectivity index is 0.00000128. The smallest absolute Gasteiger partial charge is 0.0299 e. The summed E-state index contributed by atoms with van der Waals surface area (Å²) in [7, 11) is 0. The summed E-state index contributed by atoms with van der Waals surface area (Å²) in [6.45, 7) is 6.79. The lowest BCUT2D eigenvalue weighted by Crippen LogP contribution is -2.33. The van der Waals surface area contributed by atoms with Gasteiger partial charge in [-0.25, -0.2) is 0 Å². The van der Waals surface area contributed by atoms with Crippen LogP contribution in [0.3, 0.4) is 0 Å². The highest BCUT2D eigenvalue weighted by Crippen LogP contribution is 2.15. The van der Waals surface area contributed by atoms with Crippen molar-refractivity contribution in [3.05, 3.63) is 21.9 Å². The van der Waals surface area contributed by atoms with E-state index in [2.05, 4.69) is 29.7 Å². The number of hydrogen-bond acceptors (Lipinski definition) is 3. The molecule has 0 unspecified atom stereocenters. The van der Waals surface area contributed by atoms with E-state index in [9.17, 15) is 0 Å². The fourth-order valence-electron chi connectivity index (χ4n) is 2.07. The second kappa shape index (κ2) is 7.28. The van der Waals surface area contributed by atoms with Crippen molar-refractivity contribution in [1.82, 2.24) is 10.6 Å². The minimum Gasteiger partial charge on any atom is -0.317 e. The van der Waals surface area contributed by atoms with Crippen LogP contribution >= 0.6 is 23.7 Å². The van der Waals surface area contributed by atoms with Crippen LogP contribution in [0.1, 0.15) is 22.6 Å². The number of piperidine rings is 1. The molecule has 2 heterocycles. The highest BCUT2D eigenvalue weighted by atomic mass is 35.5. The van der Waals surface area contributed by atoms with Gasteiger partial charge in [0, 0.05) is 16.3 Å². The third-order valence-corrected chi connectivity index (χ3v) is 3.99. The van der Waals surface area contributed by atoms with E-state index in [1.165, 1.54) is 42.2 Å². The van der Waals surface area contributed by atoms with Gasteiger partial charge in [-0.2, -0.15) is 0 Å². The molecule has 1 aromatic rings. The van der Waals surface area contributed by atoms with Crippen molar-refractivity contribution in [3.63, 3.8) is 0 Å². The van der Waals surface area contributed by atoms with E-state index in [-0.39, 0.29) is 12.4 Å². The molecule has 1 saturated heterocycles. The molecular formula is C12H21ClN2S. The molecule has 1 aromatic heterocycles. The van der Waals surface area contributed by atoms with Gasteiger partial charge in [0.05, 0.1) is 0 Å². The molecule has 2 N–H and O–H groups in total. The molecule has 16 heavy (non-hydrogen) atoms. The van der Waals surface area contributed by atoms with Gasteiger partial charge in [-0.1, -0.05) is 0 Å². The van der Waals surface area contributed by atoms with Crippen LogP contribution < -0.4 is 10.6 Å². The lowest BCUT2D eigenvalue weighted by atomic mass is 9.98. The predicted molar refractivity (Wildman–Crippen MR) is 73.6 cm³/mol. The van der Waals surface area contributed by atoms with Crippen LogP contribution in [-0.2, 0) is 6.54 Å². The van der Waals surface area contributed by atoms with Gasteiger partial charge in [0.1, 0.15) is 0 Å². The van der Waals surface area contributed by atoms with E-state index in [1.54, 1.807) is 0 Å². The van der Waals surface area contributed by atoms with E-state index in [4.69, 9.17) is 0 Å². The molecule has 0 aromatic carbocycles. The van der Waals surface area contributed by atoms with Crippen molar-refractivity contribution < 1.29 is 0 Å². The Morgan fingerprint density at radius 1 is 1.38 bits per heavy atom. The van der Waals surface area contributed by atoms with Gasteiger partial charge in [0.15, 0.2) is 0 Å². The van der Waals surface area contributed by atoms with E-state index in [1.807, 2.05) is 11.3 Å². The van der Waals surface area contributed by atoms with Crippen molar-refractivity contribution in [2.24, 2.45) is 5.92 Å². The lowest BCUT2D eigenvalue weighted by molar-refractivity contribution is 0.357. The lowest BCUT2D eigenvalue weighted by Gasteiger charge is -2.22. The monoisotopic (exact) mass is 260 g/mol. The van der Waals surface area contributed by atoms with E-state index in [0.29, 0.717) is 0 Å². The Morgan fingerprint density at radius 2 is 2.12 bits per heavy atom. The minimum absolute atomic E-state index is 0. The van der Waals surface area contributed by atoms with Crippen molar-refractivity contribution in [2.75, 3.05) is 19.6 Å². The maximum Gasteiger partial charge on any atom is 0.0299 e. The largest absolute Gasteiger partial charge is 0.317 e. The van der Waals surface area contributed by atoms with E-state index < -0.39 is 0 Å². The van der Waals surface area contributed by atoms with Crippen molar-refractivity contribution in [2.45, 2.75) is 26.3 Å². The van der Waals surface area contributed by atoms with Gasteiger partial charge in [-0.3, -0.25) is 0 Å². The van der Waals surface area contributed by atoms with Gasteiger partial charge in [-0.05, 0) is 57.5 Å². The molecule has 0 amide bonds. The zero-order valence-corrected chi connectivity index (χ0v) is 11.4. The highest BCUT2D eigenvalue weighted by Gasteiger charge is 2.11. The molecule has 1 aliphatic rings. The summed E-state index contributed by atoms with van der Waals surface area (Å²) in [5, 5.41) is 6.97. The second-order valence-corrected chi connectivity index (χ2v) is 5.71. The van der Waals surface area contributed by atoms with E-state index >= 15 is 0 Å². The SMILES string of the molecule is Cc1ccc(CNCC2CCNCC2)s1.Cl. The van der Waals surface area contributed by atoms with Crippen molar-refractivity contribution in [3.8, 4) is 0 Å². The van der Waals surface area contributed by atoms with Gasteiger partial charge < -0.3 is 10.6 Å². The molecule has 0 atom stereocenters. The molecule has 0 saturated carbocycles. The number of halogens is 1. The predicted octanol–water partition coefficient (Wildman–Crippen LogP) is 2.57. The molecule has 0 aliphatic carbocycles. The number of aryl methyl sites for hydroxylation is 1. The summed E-state index contributed by atoms with van der Waals surface area (Å²) in [4.78, 5) is 2.87. The number of nitrogens with one attached hydrogen (secondary N) is 2. The normalized spacial score (nSPS) is 17.1. The summed E-state index contributed by atoms with van der Waals surface area (Å²) in [5.41, 5.74) is 0. The first-order valence-electron chi connectivity index (χ1n) is 5.81. The summed E-state index contributed by atoms with van der Waals surface area (Å²) in [6.07, 6.45) is 2.66. The molecule has 2 nitrogen and oxygen atoms in total. The standard InChI is InChI=1S/C12H20N2S.ClH/c1-10-2-3-12(15-10)9-14-8-11-4-6-13-7-5-11;/h2-3,11,13-14H,4-9H2,1H3;1H. The van der Waals surface area contributed by atoms with Crippen LogP contribution in [0.5, 0.6) is 0 Å². The van der Waals surface area contributed by atoms with Crippen LogP contribution in [0.15, 0.2) is 12.1 Å². The Bertz CT molecular complexity index is 295. The Morgan fingerprint density at radius 3 is 2.75 bits per heavy atom. The highest BCUT2D eigenvalue weighted by molar-refractivity contribution is 7.11. The number of hydrogen-bond donors (Lipinski definition) is 2. The van der Waals surface area contributed by atoms with Crippen LogP contribution in [-0.4, -0.2) is 19.6 Å². The number of thiophene rings is 1. The Labute approximate surface area is 108 Å². The molecule has 0 radical (unpaired) electrons. The van der Waals surface area contributed by atoms with Gasteiger partial charge in [0.25, 0.3) is 0 Å². The molecule has 0 bridgehead atoms. The summed E-state index contributed by atoms with van der Waals surface area (Å²) in [5.74, 6) is 0.882. The quantitative estimate of drug-likeness (QED) is 0.870. The second-order valence-electron chi connectivity index (χ2n) is 4.34. The molecule has 2 rings (SSSR count). The maximum atomic E-state index is 3.57. The average molecular weight is 261 g/mol. The summed E-state index contributed by atoms with van der Waals surface area (Å²) >= 11 is 1.90. The minimum atomic E-state index is 0. The molecule has 1 fully saturated rings. The Kier molecular flexibility index (Phi) is 6.36. The fourth-order valence-corrected chi connectivity index (χ4v) is 2.93. The fraction of sp³-hybridized carbons (Fsp3) is 0.667. The van der Waals surface area contributed by atoms with Crippen LogP contribution in [0.2, 0.25) is 0 Å². The Hall–Kier alpha value is -0.0900. The summed E-state index contributed by atoms with van der Waals surface area (Å²) in [6, 6.07) is 4.43. The van der Waals surface area contributed by atoms with Gasteiger partial charge in [-0.15, -0.1) is 23.7 Å². The van der Waals surface area contributed by atoms with E-state index in [0.717, 1.165) is 12.5 Å². The van der Waals surface area contributed by atoms with Crippen LogP contribution in [0.4, 0.5) is 0 Å². The van der Waals surface area contributed by atoms with Crippen molar-refractivity contribution >= 4 is 23.7 Å². The molecule has 0 spiro atoms. The first-order valence-corrected chi connectivity index (χ1v) is 6.63. The third-order valence-electron chi connectivity index (χ3n) is 2.99. The van der Waals surface area contributed by atoms with Crippen molar-refractivity contribution in [1.29, 1.82) is 0 Å². The first-order chi connectivity index (χ1) is 7.34. The molecule has 4 heteroatoms. The first kappa shape index (κ1) is 14.0. The number of rotatable bonds is 4. The zero-order chi connectivity index (χ0) is 10.5. The molecule has 1 aliphatic heterocycles. The third kappa shape index (κ3) is 4.42. The average Bonchev–Trinajstić information content (AvgIpc) is 2.66. The molecule has 92 valence electrons. The van der Waals surface area contributed by atoms with Gasteiger partial charge >= 0.3 is 0 Å². The van der Waals surface area contributed by atoms with Crippen LogP contribution in [0, 0.1) is 12.8 Å². The topological polar surface area (TPSA) is 24.1 Å². The van der Waals surface area contributed by atoms with Gasteiger partial charge in [0.2, 0.25) is 0 Å². The van der Waals surface area contributed by atoms with Crippen LogP contribution in [0.25, 0.3) is 0 Å². The summed E-state index contributed by atoms with van der Waals surface area (Å²) < 4.78 is 0. The molecular weight excluding hydrogens is 240 g/mol. The zero-order valence-electron chi connectivity index (χ0n) is 9.79. The maximum absolute atomic E-state index is 3.57.